The number of hydrogen-bond donors (Lipinski definition) is 1. The van der Waals surface area contributed by atoms with Crippen LogP contribution in [0.15, 0.2) is 41.5 Å². The summed E-state index contributed by atoms with van der Waals surface area (Å²) in [7, 11) is 0. The molecule has 0 unspecified atom stereocenters. The van der Waals surface area contributed by atoms with Crippen molar-refractivity contribution in [2.24, 2.45) is 4.99 Å². The molecule has 0 spiro atoms. The van der Waals surface area contributed by atoms with Gasteiger partial charge in [-0.05, 0) is 24.5 Å². The largest absolute Gasteiger partial charge is 0.376 e. The summed E-state index contributed by atoms with van der Waals surface area (Å²) in [6, 6.07) is 8.29. The number of benzene rings is 1. The lowest BCUT2D eigenvalue weighted by Crippen LogP contribution is -2.33. The first-order valence-corrected chi connectivity index (χ1v) is 5.93. The quantitative estimate of drug-likeness (QED) is 0.806. The number of para-hydroxylation sites is 1. The van der Waals surface area contributed by atoms with Gasteiger partial charge >= 0.3 is 0 Å². The number of aliphatic imine (C=N–C) groups is 1. The molecule has 1 aliphatic rings. The standard InChI is InChI=1S/C14H18N2O/c1-3-11(2)15-9-13-8-12-6-4-5-7-14(12)16(13)10-17/h4-7,9,13,17H,2-3,8,10H2,1H3/b15-9-/t13-/m0/s1. The predicted molar refractivity (Wildman–Crippen MR) is 71.4 cm³/mol. The summed E-state index contributed by atoms with van der Waals surface area (Å²) in [5.74, 6) is 0. The Bertz CT molecular complexity index is 440. The molecule has 1 atom stereocenters. The molecule has 1 aliphatic heterocycles. The molecule has 1 aromatic carbocycles. The maximum absolute atomic E-state index is 9.45. The predicted octanol–water partition coefficient (Wildman–Crippen LogP) is 2.36. The normalized spacial score (nSPS) is 18.7. The number of anilines is 1. The van der Waals surface area contributed by atoms with Crippen molar-refractivity contribution in [2.45, 2.75) is 25.8 Å². The molecule has 1 N–H and O–H groups in total. The van der Waals surface area contributed by atoms with Crippen LogP contribution in [0.4, 0.5) is 5.69 Å². The van der Waals surface area contributed by atoms with Crippen LogP contribution in [0, 0.1) is 0 Å². The first-order valence-electron chi connectivity index (χ1n) is 5.93. The molecule has 0 radical (unpaired) electrons. The van der Waals surface area contributed by atoms with Crippen LogP contribution in [-0.4, -0.2) is 24.1 Å². The van der Waals surface area contributed by atoms with E-state index in [1.807, 2.05) is 36.2 Å². The van der Waals surface area contributed by atoms with E-state index in [0.29, 0.717) is 0 Å². The van der Waals surface area contributed by atoms with E-state index >= 15 is 0 Å². The van der Waals surface area contributed by atoms with E-state index < -0.39 is 0 Å². The van der Waals surface area contributed by atoms with Crippen LogP contribution in [0.5, 0.6) is 0 Å². The Labute approximate surface area is 102 Å². The number of allylic oxidation sites excluding steroid dienone is 1. The van der Waals surface area contributed by atoms with Gasteiger partial charge in [-0.15, -0.1) is 0 Å². The van der Waals surface area contributed by atoms with Crippen molar-refractivity contribution in [2.75, 3.05) is 11.6 Å². The van der Waals surface area contributed by atoms with Crippen molar-refractivity contribution in [1.29, 1.82) is 0 Å². The topological polar surface area (TPSA) is 35.8 Å². The third-order valence-corrected chi connectivity index (χ3v) is 3.12. The highest BCUT2D eigenvalue weighted by Crippen LogP contribution is 2.30. The zero-order valence-electron chi connectivity index (χ0n) is 10.1. The number of aliphatic hydroxyl groups is 1. The van der Waals surface area contributed by atoms with E-state index in [9.17, 15) is 5.11 Å². The van der Waals surface area contributed by atoms with Crippen molar-refractivity contribution in [3.05, 3.63) is 42.1 Å². The number of rotatable bonds is 4. The fourth-order valence-corrected chi connectivity index (χ4v) is 2.07. The van der Waals surface area contributed by atoms with Crippen molar-refractivity contribution in [1.82, 2.24) is 0 Å². The molecule has 0 saturated heterocycles. The second kappa shape index (κ2) is 5.15. The number of hydrogen-bond acceptors (Lipinski definition) is 3. The van der Waals surface area contributed by atoms with Gasteiger partial charge in [0.25, 0.3) is 0 Å². The second-order valence-corrected chi connectivity index (χ2v) is 4.21. The fraction of sp³-hybridized carbons (Fsp3) is 0.357. The molecule has 0 bridgehead atoms. The minimum absolute atomic E-state index is 0.0201. The Hall–Kier alpha value is -1.61. The summed E-state index contributed by atoms with van der Waals surface area (Å²) < 4.78 is 0. The molecular weight excluding hydrogens is 212 g/mol. The van der Waals surface area contributed by atoms with Crippen LogP contribution < -0.4 is 4.90 Å². The Balaban J connectivity index is 2.18. The average Bonchev–Trinajstić information content (AvgIpc) is 2.73. The van der Waals surface area contributed by atoms with E-state index in [1.54, 1.807) is 0 Å². The molecule has 0 amide bonds. The Morgan fingerprint density at radius 2 is 2.35 bits per heavy atom. The van der Waals surface area contributed by atoms with Gasteiger partial charge in [0, 0.05) is 17.6 Å². The van der Waals surface area contributed by atoms with Gasteiger partial charge in [-0.2, -0.15) is 0 Å². The van der Waals surface area contributed by atoms with E-state index in [1.165, 1.54) is 5.56 Å². The van der Waals surface area contributed by atoms with Crippen LogP contribution >= 0.6 is 0 Å². The minimum atomic E-state index is 0.0201. The molecule has 90 valence electrons. The lowest BCUT2D eigenvalue weighted by Gasteiger charge is -2.21. The highest BCUT2D eigenvalue weighted by Gasteiger charge is 2.26. The summed E-state index contributed by atoms with van der Waals surface area (Å²) in [6.07, 6.45) is 3.65. The summed E-state index contributed by atoms with van der Waals surface area (Å²) in [6.45, 7) is 5.91. The zero-order valence-corrected chi connectivity index (χ0v) is 10.1. The van der Waals surface area contributed by atoms with Gasteiger partial charge in [0.15, 0.2) is 0 Å². The highest BCUT2D eigenvalue weighted by atomic mass is 16.3. The van der Waals surface area contributed by atoms with E-state index in [0.717, 1.165) is 24.2 Å². The first-order chi connectivity index (χ1) is 8.26. The summed E-state index contributed by atoms with van der Waals surface area (Å²) in [5, 5.41) is 9.45. The highest BCUT2D eigenvalue weighted by molar-refractivity contribution is 5.77. The molecule has 0 fully saturated rings. The van der Waals surface area contributed by atoms with Gasteiger partial charge in [0.1, 0.15) is 6.73 Å². The first kappa shape index (κ1) is 11.9. The second-order valence-electron chi connectivity index (χ2n) is 4.21. The van der Waals surface area contributed by atoms with Crippen LogP contribution in [0.1, 0.15) is 18.9 Å². The number of aliphatic hydroxyl groups excluding tert-OH is 1. The molecule has 1 heterocycles. The number of nitrogens with zero attached hydrogens (tertiary/aromatic N) is 2. The molecule has 3 heteroatoms. The molecule has 2 rings (SSSR count). The van der Waals surface area contributed by atoms with E-state index in [4.69, 9.17) is 0 Å². The minimum Gasteiger partial charge on any atom is -0.376 e. The van der Waals surface area contributed by atoms with E-state index in [2.05, 4.69) is 17.6 Å². The Kier molecular flexibility index (Phi) is 3.59. The Morgan fingerprint density at radius 1 is 1.59 bits per heavy atom. The maximum atomic E-state index is 9.45. The summed E-state index contributed by atoms with van der Waals surface area (Å²) in [5.41, 5.74) is 3.24. The van der Waals surface area contributed by atoms with Gasteiger partial charge < -0.3 is 10.0 Å². The van der Waals surface area contributed by atoms with Crippen molar-refractivity contribution in [3.8, 4) is 0 Å². The Morgan fingerprint density at radius 3 is 3.06 bits per heavy atom. The third kappa shape index (κ3) is 2.39. The third-order valence-electron chi connectivity index (χ3n) is 3.12. The molecule has 3 nitrogen and oxygen atoms in total. The molecule has 1 aromatic rings. The molecular formula is C14H18N2O. The lowest BCUT2D eigenvalue weighted by molar-refractivity contribution is 0.289. The van der Waals surface area contributed by atoms with Gasteiger partial charge in [-0.25, -0.2) is 0 Å². The maximum Gasteiger partial charge on any atom is 0.116 e. The van der Waals surface area contributed by atoms with Crippen LogP contribution in [-0.2, 0) is 6.42 Å². The van der Waals surface area contributed by atoms with Gasteiger partial charge in [-0.1, -0.05) is 31.7 Å². The van der Waals surface area contributed by atoms with Gasteiger partial charge in [0.2, 0.25) is 0 Å². The smallest absolute Gasteiger partial charge is 0.116 e. The van der Waals surface area contributed by atoms with Crippen molar-refractivity contribution >= 4 is 11.9 Å². The SMILES string of the molecule is C=C(CC)/N=C\[C@@H]1Cc2ccccc2N1CO. The van der Waals surface area contributed by atoms with Crippen molar-refractivity contribution < 1.29 is 5.11 Å². The average molecular weight is 230 g/mol. The van der Waals surface area contributed by atoms with Gasteiger partial charge in [0.05, 0.1) is 6.04 Å². The van der Waals surface area contributed by atoms with Crippen LogP contribution in [0.2, 0.25) is 0 Å². The van der Waals surface area contributed by atoms with Crippen LogP contribution in [0.25, 0.3) is 0 Å². The molecule has 0 aromatic heterocycles. The van der Waals surface area contributed by atoms with Crippen molar-refractivity contribution in [3.63, 3.8) is 0 Å². The molecule has 0 aliphatic carbocycles. The molecule has 17 heavy (non-hydrogen) atoms. The monoisotopic (exact) mass is 230 g/mol. The molecule has 0 saturated carbocycles. The summed E-state index contributed by atoms with van der Waals surface area (Å²) >= 11 is 0. The van der Waals surface area contributed by atoms with Gasteiger partial charge in [-0.3, -0.25) is 4.99 Å². The van der Waals surface area contributed by atoms with E-state index in [-0.39, 0.29) is 12.8 Å². The van der Waals surface area contributed by atoms with Crippen LogP contribution in [0.3, 0.4) is 0 Å². The zero-order chi connectivity index (χ0) is 12.3. The number of fused-ring (bicyclic) bond motifs is 1. The lowest BCUT2D eigenvalue weighted by atomic mass is 10.1. The summed E-state index contributed by atoms with van der Waals surface area (Å²) in [4.78, 5) is 6.29. The fourth-order valence-electron chi connectivity index (χ4n) is 2.07.